The van der Waals surface area contributed by atoms with Crippen LogP contribution in [0.1, 0.15) is 0 Å². The molecule has 0 fully saturated rings. The quantitative estimate of drug-likeness (QED) is 0.00965. The van der Waals surface area contributed by atoms with Gasteiger partial charge in [0, 0.05) is 10.8 Å². The van der Waals surface area contributed by atoms with E-state index in [0.717, 1.165) is 30.3 Å². The lowest BCUT2D eigenvalue weighted by atomic mass is 10.1. The molecule has 4 rings (SSSR count). The molecule has 28 nitrogen and oxygen atoms in total. The number of aromatic hydroxyl groups is 1. The maximum Gasteiger partial charge on any atom is 0.296 e. The highest BCUT2D eigenvalue weighted by Crippen LogP contribution is 2.49. The molecule has 0 spiro atoms. The van der Waals surface area contributed by atoms with Crippen molar-refractivity contribution in [3.63, 3.8) is 0 Å². The van der Waals surface area contributed by atoms with Gasteiger partial charge in [-0.3, -0.25) is 17.5 Å². The molecule has 0 saturated heterocycles. The third-order valence-electron chi connectivity index (χ3n) is 7.48. The minimum absolute atomic E-state index is 0.00238. The molecule has 0 bridgehead atoms. The van der Waals surface area contributed by atoms with Crippen molar-refractivity contribution in [2.24, 2.45) is 20.5 Å². The van der Waals surface area contributed by atoms with E-state index in [1.807, 2.05) is 0 Å². The number of nitrogens with one attached hydrogen (secondary N) is 1. The number of methoxy groups -OCH3 is 1. The number of azo groups is 2. The lowest BCUT2D eigenvalue weighted by Crippen LogP contribution is -2.13. The number of phenols is 1. The zero-order chi connectivity index (χ0) is 46.4. The van der Waals surface area contributed by atoms with Crippen LogP contribution in [0.25, 0.3) is 10.8 Å². The molecule has 0 aliphatic rings. The molecule has 0 unspecified atom stereocenters. The van der Waals surface area contributed by atoms with Crippen molar-refractivity contribution in [1.29, 1.82) is 0 Å². The van der Waals surface area contributed by atoms with E-state index in [9.17, 15) is 47.9 Å². The summed E-state index contributed by atoms with van der Waals surface area (Å²) < 4.78 is 147. The third kappa shape index (κ3) is 14.8. The predicted octanol–water partition coefficient (Wildman–Crippen LogP) is 5.87. The Labute approximate surface area is 368 Å². The summed E-state index contributed by atoms with van der Waals surface area (Å²) in [6, 6.07) is 9.33. The van der Waals surface area contributed by atoms with Crippen molar-refractivity contribution in [3.05, 3.63) is 54.6 Å². The van der Waals surface area contributed by atoms with Crippen molar-refractivity contribution >= 4 is 116 Å². The van der Waals surface area contributed by atoms with E-state index in [4.69, 9.17) is 28.9 Å². The van der Waals surface area contributed by atoms with E-state index in [1.54, 1.807) is 0 Å². The minimum atomic E-state index is -5.25. The number of hydrogen-bond donors (Lipinski definition) is 7. The molecular weight excluding hydrogens is 999 g/mol. The Morgan fingerprint density at radius 1 is 0.651 bits per heavy atom. The van der Waals surface area contributed by atoms with Crippen LogP contribution in [0, 0.1) is 0 Å². The smallest absolute Gasteiger partial charge is 0.296 e. The maximum atomic E-state index is 13.0. The van der Waals surface area contributed by atoms with Crippen molar-refractivity contribution in [3.8, 4) is 11.5 Å². The Balaban J connectivity index is 1.86. The standard InChI is InChI=1S/C28H29N5O23S7/c1-48-23-7-3-16(60(38,39)10-8-49-58-55-52-36)12-22(23)31-33-27-24(57-54-51-35)14-19-18(28(27)34)4-6-21(29-15-62(42,43)44)26(19)32-30-20-5-2-17(13-25(20)63(45,46)47)61(40,41)11-9-50-59-56-53-37/h2-7,12-14,29,34-37H,8-11,15H2,1H3,(H,42,43,44)(H,45,46,47). The molecule has 346 valence electrons. The van der Waals surface area contributed by atoms with E-state index in [-0.39, 0.29) is 74.4 Å². The lowest BCUT2D eigenvalue weighted by Gasteiger charge is -2.14. The van der Waals surface area contributed by atoms with Gasteiger partial charge in [0.2, 0.25) is 0 Å². The second-order valence-electron chi connectivity index (χ2n) is 11.3. The summed E-state index contributed by atoms with van der Waals surface area (Å²) in [7, 11) is -17.1. The molecule has 4 aromatic carbocycles. The second-order valence-corrected chi connectivity index (χ2v) is 20.1. The molecule has 0 atom stereocenters. The fourth-order valence-electron chi connectivity index (χ4n) is 4.82. The molecule has 63 heavy (non-hydrogen) atoms. The number of ether oxygens (including phenoxy) is 1. The van der Waals surface area contributed by atoms with Gasteiger partial charge in [0.15, 0.2) is 50.1 Å². The van der Waals surface area contributed by atoms with Crippen LogP contribution >= 0.6 is 36.7 Å². The van der Waals surface area contributed by atoms with Gasteiger partial charge in [-0.05, 0) is 54.6 Å². The van der Waals surface area contributed by atoms with Gasteiger partial charge in [-0.2, -0.15) is 16.8 Å². The summed E-state index contributed by atoms with van der Waals surface area (Å²) in [5, 5.41) is 65.1. The Morgan fingerprint density at radius 2 is 1.22 bits per heavy atom. The summed E-state index contributed by atoms with van der Waals surface area (Å²) in [6.07, 6.45) is 0. The van der Waals surface area contributed by atoms with E-state index < -0.39 is 103 Å². The summed E-state index contributed by atoms with van der Waals surface area (Å²) in [5.41, 5.74) is -1.92. The molecule has 0 aliphatic heterocycles. The molecule has 0 heterocycles. The highest BCUT2D eigenvalue weighted by molar-refractivity contribution is 7.94. The van der Waals surface area contributed by atoms with Gasteiger partial charge in [-0.25, -0.2) is 32.6 Å². The van der Waals surface area contributed by atoms with Crippen LogP contribution in [0.15, 0.2) is 94.6 Å². The molecule has 0 radical (unpaired) electrons. The number of phenolic OH excluding ortho intramolecular Hbond substituents is 1. The lowest BCUT2D eigenvalue weighted by molar-refractivity contribution is -0.434. The van der Waals surface area contributed by atoms with Gasteiger partial charge in [-0.1, -0.05) is 15.1 Å². The van der Waals surface area contributed by atoms with Gasteiger partial charge in [0.25, 0.3) is 20.2 Å². The number of rotatable bonds is 26. The first kappa shape index (κ1) is 51.7. The first-order valence-corrected chi connectivity index (χ1v) is 24.5. The molecule has 7 N–H and O–H groups in total. The van der Waals surface area contributed by atoms with Crippen molar-refractivity contribution in [1.82, 2.24) is 0 Å². The van der Waals surface area contributed by atoms with E-state index >= 15 is 0 Å². The molecule has 0 aromatic heterocycles. The molecule has 0 saturated carbocycles. The number of fused-ring (bicyclic) bond motifs is 1. The van der Waals surface area contributed by atoms with Gasteiger partial charge in [0.1, 0.15) is 39.3 Å². The zero-order valence-corrected chi connectivity index (χ0v) is 36.7. The first-order valence-electron chi connectivity index (χ1n) is 16.0. The molecule has 0 aliphatic carbocycles. The topological polar surface area (TPSA) is 402 Å². The Kier molecular flexibility index (Phi) is 19.1. The summed E-state index contributed by atoms with van der Waals surface area (Å²) in [6.45, 7) is -0.963. The average Bonchev–Trinajstić information content (AvgIpc) is 3.23. The van der Waals surface area contributed by atoms with Crippen LogP contribution in [0.4, 0.5) is 28.4 Å². The molecule has 0 amide bonds. The van der Waals surface area contributed by atoms with Gasteiger partial charge >= 0.3 is 0 Å². The normalized spacial score (nSPS) is 12.8. The highest BCUT2D eigenvalue weighted by atomic mass is 32.2. The molecular formula is C28H29N5O23S7. The first-order chi connectivity index (χ1) is 29.8. The van der Waals surface area contributed by atoms with Crippen molar-refractivity contribution in [2.45, 2.75) is 19.6 Å². The predicted molar refractivity (Wildman–Crippen MR) is 215 cm³/mol. The highest BCUT2D eigenvalue weighted by Gasteiger charge is 2.24. The molecule has 4 aromatic rings. The number of anilines is 1. The van der Waals surface area contributed by atoms with Crippen LogP contribution in [-0.4, -0.2) is 101 Å². The van der Waals surface area contributed by atoms with E-state index in [2.05, 4.69) is 53.9 Å². The second kappa shape index (κ2) is 23.3. The zero-order valence-electron chi connectivity index (χ0n) is 31.0. The Morgan fingerprint density at radius 3 is 1.79 bits per heavy atom. The van der Waals surface area contributed by atoms with Gasteiger partial charge in [-0.15, -0.1) is 33.5 Å². The summed E-state index contributed by atoms with van der Waals surface area (Å²) in [4.78, 5) is -2.22. The van der Waals surface area contributed by atoms with Crippen molar-refractivity contribution < 1.29 is 105 Å². The Hall–Kier alpha value is -3.93. The number of hydrogen-bond acceptors (Lipinski definition) is 29. The number of sulfone groups is 2. The fourth-order valence-corrected chi connectivity index (χ4v) is 9.22. The van der Waals surface area contributed by atoms with E-state index in [1.165, 1.54) is 25.3 Å². The summed E-state index contributed by atoms with van der Waals surface area (Å²) >= 11 is 0.458. The van der Waals surface area contributed by atoms with Gasteiger partial charge < -0.3 is 15.2 Å². The van der Waals surface area contributed by atoms with Gasteiger partial charge in [0.05, 0.1) is 64.2 Å². The van der Waals surface area contributed by atoms with Crippen LogP contribution in [0.2, 0.25) is 0 Å². The van der Waals surface area contributed by atoms with Crippen LogP contribution < -0.4 is 10.1 Å². The largest absolute Gasteiger partial charge is 0.505 e. The molecule has 35 heteroatoms. The van der Waals surface area contributed by atoms with Crippen LogP contribution in [0.5, 0.6) is 11.5 Å². The Bertz CT molecular complexity index is 2760. The van der Waals surface area contributed by atoms with Crippen LogP contribution in [-0.2, 0) is 76.4 Å². The number of benzene rings is 4. The average molecular weight is 1030 g/mol. The monoisotopic (exact) mass is 1030 g/mol. The fraction of sp³-hybridized carbons (Fsp3) is 0.214. The number of nitrogens with zero attached hydrogens (tertiary/aromatic N) is 4. The minimum Gasteiger partial charge on any atom is -0.505 e. The van der Waals surface area contributed by atoms with E-state index in [0.29, 0.717) is 6.07 Å². The van der Waals surface area contributed by atoms with Crippen molar-refractivity contribution in [2.75, 3.05) is 43.0 Å². The van der Waals surface area contributed by atoms with Crippen LogP contribution in [0.3, 0.4) is 0 Å². The maximum absolute atomic E-state index is 13.0. The summed E-state index contributed by atoms with van der Waals surface area (Å²) in [5.74, 6) is -3.18. The SMILES string of the molecule is COc1ccc(S(=O)(=O)CCOSOOO)cc1N=Nc1c(SOOO)cc2c(N=Nc3ccc(S(=O)(=O)CCOSOOO)cc3S(=O)(=O)O)c(NCS(=O)(=O)O)ccc2c1O. The third-order valence-corrected chi connectivity index (χ3v) is 13.6.